The molecule has 1 saturated carbocycles. The number of nitrogens with one attached hydrogen (secondary N) is 1. The molecule has 0 atom stereocenters. The second-order valence-corrected chi connectivity index (χ2v) is 5.48. The van der Waals surface area contributed by atoms with E-state index < -0.39 is 0 Å². The van der Waals surface area contributed by atoms with Crippen molar-refractivity contribution in [1.82, 2.24) is 10.3 Å². The van der Waals surface area contributed by atoms with Crippen molar-refractivity contribution in [3.05, 3.63) is 11.1 Å². The van der Waals surface area contributed by atoms with Crippen LogP contribution in [0.25, 0.3) is 0 Å². The Morgan fingerprint density at radius 1 is 1.59 bits per heavy atom. The highest BCUT2D eigenvalue weighted by atomic mass is 32.1. The minimum atomic E-state index is 0.760. The van der Waals surface area contributed by atoms with Gasteiger partial charge >= 0.3 is 0 Å². The fraction of sp³-hybridized carbons (Fsp3) is 0.750. The summed E-state index contributed by atoms with van der Waals surface area (Å²) in [6.45, 7) is 5.42. The Labute approximate surface area is 107 Å². The molecular weight excluding hydrogens is 234 g/mol. The van der Waals surface area contributed by atoms with Gasteiger partial charge in [-0.05, 0) is 19.8 Å². The first-order valence-corrected chi connectivity index (χ1v) is 7.08. The Morgan fingerprint density at radius 2 is 2.41 bits per heavy atom. The van der Waals surface area contributed by atoms with Crippen molar-refractivity contribution >= 4 is 16.5 Å². The maximum atomic E-state index is 5.34. The first-order valence-electron chi connectivity index (χ1n) is 6.26. The summed E-state index contributed by atoms with van der Waals surface area (Å²) in [7, 11) is 2.07. The number of hydrogen-bond acceptors (Lipinski definition) is 5. The zero-order chi connectivity index (χ0) is 12.1. The molecule has 5 heteroatoms. The lowest BCUT2D eigenvalue weighted by molar-refractivity contribution is 0.154. The van der Waals surface area contributed by atoms with Crippen molar-refractivity contribution in [3.63, 3.8) is 0 Å². The lowest BCUT2D eigenvalue weighted by Crippen LogP contribution is -2.22. The van der Waals surface area contributed by atoms with E-state index in [1.807, 2.05) is 13.1 Å². The van der Waals surface area contributed by atoms with Gasteiger partial charge in [0.2, 0.25) is 0 Å². The summed E-state index contributed by atoms with van der Waals surface area (Å²) in [6.07, 6.45) is 4.65. The van der Waals surface area contributed by atoms with Crippen LogP contribution in [0.1, 0.15) is 24.6 Å². The molecule has 17 heavy (non-hydrogen) atoms. The summed E-state index contributed by atoms with van der Waals surface area (Å²) in [6, 6.07) is 0.760. The van der Waals surface area contributed by atoms with Crippen molar-refractivity contribution < 1.29 is 4.74 Å². The summed E-state index contributed by atoms with van der Waals surface area (Å²) in [5, 5.41) is 4.59. The standard InChI is InChI=1S/C12H21N3OS/c1-3-16-7-6-15(2)12-14-9-11(17-12)8-13-10-4-5-10/h9-10,13H,3-8H2,1-2H3. The zero-order valence-electron chi connectivity index (χ0n) is 10.6. The van der Waals surface area contributed by atoms with Gasteiger partial charge < -0.3 is 15.0 Å². The molecule has 1 aromatic heterocycles. The van der Waals surface area contributed by atoms with Gasteiger partial charge in [0.25, 0.3) is 0 Å². The van der Waals surface area contributed by atoms with E-state index in [4.69, 9.17) is 4.74 Å². The maximum absolute atomic E-state index is 5.34. The highest BCUT2D eigenvalue weighted by Crippen LogP contribution is 2.23. The smallest absolute Gasteiger partial charge is 0.185 e. The second kappa shape index (κ2) is 6.33. The van der Waals surface area contributed by atoms with Gasteiger partial charge in [0.1, 0.15) is 0 Å². The average molecular weight is 255 g/mol. The molecule has 0 amide bonds. The number of hydrogen-bond donors (Lipinski definition) is 1. The number of aromatic nitrogens is 1. The van der Waals surface area contributed by atoms with Crippen LogP contribution in [0.5, 0.6) is 0 Å². The second-order valence-electron chi connectivity index (χ2n) is 4.38. The third-order valence-electron chi connectivity index (χ3n) is 2.79. The first-order chi connectivity index (χ1) is 8.29. The van der Waals surface area contributed by atoms with Crippen molar-refractivity contribution in [2.45, 2.75) is 32.4 Å². The third-order valence-corrected chi connectivity index (χ3v) is 3.90. The molecule has 0 spiro atoms. The minimum Gasteiger partial charge on any atom is -0.380 e. The van der Waals surface area contributed by atoms with E-state index in [0.717, 1.165) is 37.5 Å². The zero-order valence-corrected chi connectivity index (χ0v) is 11.4. The van der Waals surface area contributed by atoms with Gasteiger partial charge in [0.05, 0.1) is 6.61 Å². The van der Waals surface area contributed by atoms with E-state index in [1.54, 1.807) is 11.3 Å². The third kappa shape index (κ3) is 4.26. The monoisotopic (exact) mass is 255 g/mol. The van der Waals surface area contributed by atoms with Gasteiger partial charge in [-0.1, -0.05) is 0 Å². The van der Waals surface area contributed by atoms with Crippen LogP contribution >= 0.6 is 11.3 Å². The van der Waals surface area contributed by atoms with E-state index >= 15 is 0 Å². The Morgan fingerprint density at radius 3 is 3.12 bits per heavy atom. The fourth-order valence-corrected chi connectivity index (χ4v) is 2.38. The summed E-state index contributed by atoms with van der Waals surface area (Å²) in [5.41, 5.74) is 0. The van der Waals surface area contributed by atoms with Gasteiger partial charge in [-0.2, -0.15) is 0 Å². The lowest BCUT2D eigenvalue weighted by atomic mass is 10.5. The molecule has 1 aliphatic rings. The van der Waals surface area contributed by atoms with Crippen LogP contribution in [0, 0.1) is 0 Å². The quantitative estimate of drug-likeness (QED) is 0.720. The molecule has 1 N–H and O–H groups in total. The fourth-order valence-electron chi connectivity index (χ4n) is 1.53. The van der Waals surface area contributed by atoms with Crippen LogP contribution in [0.2, 0.25) is 0 Å². The largest absolute Gasteiger partial charge is 0.380 e. The van der Waals surface area contributed by atoms with E-state index in [2.05, 4.69) is 22.2 Å². The molecule has 0 bridgehead atoms. The number of ether oxygens (including phenoxy) is 1. The predicted molar refractivity (Wildman–Crippen MR) is 71.7 cm³/mol. The number of nitrogens with zero attached hydrogens (tertiary/aromatic N) is 2. The number of rotatable bonds is 8. The van der Waals surface area contributed by atoms with Gasteiger partial charge in [0, 0.05) is 43.9 Å². The molecule has 96 valence electrons. The molecule has 2 rings (SSSR count). The van der Waals surface area contributed by atoms with Crippen molar-refractivity contribution in [2.24, 2.45) is 0 Å². The highest BCUT2D eigenvalue weighted by molar-refractivity contribution is 7.15. The van der Waals surface area contributed by atoms with Crippen LogP contribution in [0.15, 0.2) is 6.20 Å². The summed E-state index contributed by atoms with van der Waals surface area (Å²) >= 11 is 1.77. The summed E-state index contributed by atoms with van der Waals surface area (Å²) in [5.74, 6) is 0. The molecular formula is C12H21N3OS. The Balaban J connectivity index is 1.75. The van der Waals surface area contributed by atoms with Gasteiger partial charge in [-0.25, -0.2) is 4.98 Å². The summed E-state index contributed by atoms with van der Waals surface area (Å²) in [4.78, 5) is 7.91. The Hall–Kier alpha value is -0.650. The van der Waals surface area contributed by atoms with Crippen LogP contribution < -0.4 is 10.2 Å². The molecule has 0 aliphatic heterocycles. The molecule has 0 radical (unpaired) electrons. The average Bonchev–Trinajstić information content (AvgIpc) is 3.04. The molecule has 4 nitrogen and oxygen atoms in total. The van der Waals surface area contributed by atoms with E-state index in [0.29, 0.717) is 0 Å². The Bertz CT molecular complexity index is 338. The van der Waals surface area contributed by atoms with Crippen molar-refractivity contribution in [2.75, 3.05) is 31.7 Å². The topological polar surface area (TPSA) is 37.4 Å². The van der Waals surface area contributed by atoms with E-state index in [1.165, 1.54) is 17.7 Å². The first kappa shape index (κ1) is 12.8. The van der Waals surface area contributed by atoms with Crippen LogP contribution in [-0.4, -0.2) is 37.8 Å². The molecule has 1 heterocycles. The van der Waals surface area contributed by atoms with Crippen LogP contribution in [0.3, 0.4) is 0 Å². The van der Waals surface area contributed by atoms with Gasteiger partial charge in [0.15, 0.2) is 5.13 Å². The minimum absolute atomic E-state index is 0.760. The molecule has 0 unspecified atom stereocenters. The van der Waals surface area contributed by atoms with E-state index in [9.17, 15) is 0 Å². The summed E-state index contributed by atoms with van der Waals surface area (Å²) < 4.78 is 5.34. The van der Waals surface area contributed by atoms with Crippen molar-refractivity contribution in [1.29, 1.82) is 0 Å². The number of likely N-dealkylation sites (N-methyl/N-ethyl adjacent to an activating group) is 1. The lowest BCUT2D eigenvalue weighted by Gasteiger charge is -2.14. The molecule has 1 fully saturated rings. The highest BCUT2D eigenvalue weighted by Gasteiger charge is 2.20. The maximum Gasteiger partial charge on any atom is 0.185 e. The Kier molecular flexibility index (Phi) is 4.76. The SMILES string of the molecule is CCOCCN(C)c1ncc(CNC2CC2)s1. The number of anilines is 1. The molecule has 1 aromatic rings. The van der Waals surface area contributed by atoms with Gasteiger partial charge in [-0.3, -0.25) is 0 Å². The molecule has 1 aliphatic carbocycles. The van der Waals surface area contributed by atoms with Gasteiger partial charge in [-0.15, -0.1) is 11.3 Å². The molecule has 0 saturated heterocycles. The van der Waals surface area contributed by atoms with E-state index in [-0.39, 0.29) is 0 Å². The van der Waals surface area contributed by atoms with Crippen LogP contribution in [0.4, 0.5) is 5.13 Å². The normalized spacial score (nSPS) is 15.2. The predicted octanol–water partition coefficient (Wildman–Crippen LogP) is 1.87. The molecule has 0 aromatic carbocycles. The van der Waals surface area contributed by atoms with Crippen LogP contribution in [-0.2, 0) is 11.3 Å². The number of thiazole rings is 1. The van der Waals surface area contributed by atoms with Crippen molar-refractivity contribution in [3.8, 4) is 0 Å².